The van der Waals surface area contributed by atoms with E-state index in [9.17, 15) is 18.3 Å². The van der Waals surface area contributed by atoms with Crippen molar-refractivity contribution in [3.8, 4) is 22.6 Å². The fraction of sp³-hybridized carbons (Fsp3) is 0.367. The van der Waals surface area contributed by atoms with Crippen molar-refractivity contribution in [2.45, 2.75) is 38.7 Å². The van der Waals surface area contributed by atoms with Crippen LogP contribution in [-0.2, 0) is 26.7 Å². The molecule has 0 atom stereocenters. The van der Waals surface area contributed by atoms with Crippen LogP contribution in [0.3, 0.4) is 0 Å². The number of sulfone groups is 1. The lowest BCUT2D eigenvalue weighted by molar-refractivity contribution is -0.139. The minimum atomic E-state index is -2.99. The van der Waals surface area contributed by atoms with E-state index in [0.29, 0.717) is 32.7 Å². The van der Waals surface area contributed by atoms with Gasteiger partial charge in [-0.25, -0.2) is 8.42 Å². The van der Waals surface area contributed by atoms with Crippen LogP contribution in [0, 0.1) is 13.8 Å². The van der Waals surface area contributed by atoms with Gasteiger partial charge < -0.3 is 19.9 Å². The molecule has 0 radical (unpaired) electrons. The van der Waals surface area contributed by atoms with Crippen molar-refractivity contribution in [3.05, 3.63) is 82.9 Å². The molecule has 2 N–H and O–H groups in total. The lowest BCUT2D eigenvalue weighted by Gasteiger charge is -2.42. The van der Waals surface area contributed by atoms with E-state index in [1.165, 1.54) is 6.26 Å². The molecule has 1 fully saturated rings. The number of carboxylic acids is 1. The van der Waals surface area contributed by atoms with Crippen LogP contribution in [0.4, 0.5) is 0 Å². The van der Waals surface area contributed by atoms with Crippen molar-refractivity contribution in [1.82, 2.24) is 5.32 Å². The summed E-state index contributed by atoms with van der Waals surface area (Å²) in [5.41, 5.74) is 6.10. The van der Waals surface area contributed by atoms with E-state index >= 15 is 0 Å². The lowest BCUT2D eigenvalue weighted by atomic mass is 9.73. The van der Waals surface area contributed by atoms with Crippen molar-refractivity contribution in [3.63, 3.8) is 0 Å². The molecule has 7 nitrogen and oxygen atoms in total. The maximum atomic E-state index is 11.3. The number of benzene rings is 3. The van der Waals surface area contributed by atoms with Crippen LogP contribution in [0.15, 0.2) is 60.7 Å². The van der Waals surface area contributed by atoms with Gasteiger partial charge >= 0.3 is 5.97 Å². The number of ether oxygens (including phenoxy) is 2. The molecule has 38 heavy (non-hydrogen) atoms. The topological polar surface area (TPSA) is 102 Å². The first kappa shape index (κ1) is 27.7. The minimum Gasteiger partial charge on any atom is -0.494 e. The monoisotopic (exact) mass is 537 g/mol. The first-order valence-corrected chi connectivity index (χ1v) is 14.8. The summed E-state index contributed by atoms with van der Waals surface area (Å²) in [7, 11) is -2.99. The van der Waals surface area contributed by atoms with Crippen LogP contribution in [0.25, 0.3) is 11.1 Å². The van der Waals surface area contributed by atoms with E-state index in [0.717, 1.165) is 44.9 Å². The minimum absolute atomic E-state index is 0.113. The molecule has 0 saturated carbocycles. The Kier molecular flexibility index (Phi) is 8.43. The van der Waals surface area contributed by atoms with Crippen molar-refractivity contribution in [1.29, 1.82) is 0 Å². The van der Waals surface area contributed by atoms with Crippen molar-refractivity contribution >= 4 is 15.8 Å². The first-order valence-electron chi connectivity index (χ1n) is 12.7. The summed E-state index contributed by atoms with van der Waals surface area (Å²) in [5.74, 6) is 0.805. The Labute approximate surface area is 224 Å². The first-order chi connectivity index (χ1) is 18.0. The zero-order valence-electron chi connectivity index (χ0n) is 22.1. The maximum absolute atomic E-state index is 11.3. The number of carbonyl (C=O) groups is 1. The van der Waals surface area contributed by atoms with E-state index in [4.69, 9.17) is 9.47 Å². The smallest absolute Gasteiger partial charge is 0.304 e. The number of aryl methyl sites for hydroxylation is 2. The zero-order chi connectivity index (χ0) is 27.3. The van der Waals surface area contributed by atoms with Gasteiger partial charge in [0.25, 0.3) is 0 Å². The van der Waals surface area contributed by atoms with Crippen LogP contribution in [0.5, 0.6) is 11.5 Å². The predicted octanol–water partition coefficient (Wildman–Crippen LogP) is 4.68. The van der Waals surface area contributed by atoms with E-state index in [2.05, 4.69) is 17.4 Å². The van der Waals surface area contributed by atoms with Gasteiger partial charge in [0.2, 0.25) is 0 Å². The fourth-order valence-electron chi connectivity index (χ4n) is 5.01. The Morgan fingerprint density at radius 2 is 1.66 bits per heavy atom. The summed E-state index contributed by atoms with van der Waals surface area (Å²) in [4.78, 5) is 11.3. The molecule has 4 rings (SSSR count). The predicted molar refractivity (Wildman–Crippen MR) is 149 cm³/mol. The molecule has 0 unspecified atom stereocenters. The molecule has 0 aliphatic carbocycles. The van der Waals surface area contributed by atoms with E-state index in [1.54, 1.807) is 0 Å². The number of nitrogens with one attached hydrogen (secondary N) is 1. The SMILES string of the molecule is Cc1cc(OCCCS(C)(=O)=O)cc(C)c1-c1cccc(COc2ccc(C3(CC(=O)O)CNC3)cc2)c1. The summed E-state index contributed by atoms with van der Waals surface area (Å²) in [6.07, 6.45) is 1.81. The number of hydrogen-bond acceptors (Lipinski definition) is 6. The van der Waals surface area contributed by atoms with E-state index < -0.39 is 15.8 Å². The summed E-state index contributed by atoms with van der Waals surface area (Å²) in [5, 5.41) is 12.5. The highest BCUT2D eigenvalue weighted by molar-refractivity contribution is 7.90. The van der Waals surface area contributed by atoms with Crippen molar-refractivity contribution in [2.75, 3.05) is 31.7 Å². The maximum Gasteiger partial charge on any atom is 0.304 e. The molecule has 8 heteroatoms. The van der Waals surface area contributed by atoms with Gasteiger partial charge in [0.15, 0.2) is 0 Å². The molecule has 1 aliphatic rings. The van der Waals surface area contributed by atoms with Crippen LogP contribution < -0.4 is 14.8 Å². The second kappa shape index (κ2) is 11.6. The number of aliphatic carboxylic acids is 1. The fourth-order valence-corrected chi connectivity index (χ4v) is 5.65. The largest absolute Gasteiger partial charge is 0.494 e. The summed E-state index contributed by atoms with van der Waals surface area (Å²) >= 11 is 0. The molecule has 202 valence electrons. The summed E-state index contributed by atoms with van der Waals surface area (Å²) in [6, 6.07) is 20.0. The van der Waals surface area contributed by atoms with Crippen LogP contribution >= 0.6 is 0 Å². The highest BCUT2D eigenvalue weighted by Gasteiger charge is 2.40. The van der Waals surface area contributed by atoms with Crippen molar-refractivity contribution < 1.29 is 27.8 Å². The third-order valence-electron chi connectivity index (χ3n) is 6.94. The Hall–Kier alpha value is -3.36. The highest BCUT2D eigenvalue weighted by Crippen LogP contribution is 2.34. The quantitative estimate of drug-likeness (QED) is 0.324. The van der Waals surface area contributed by atoms with Gasteiger partial charge in [-0.05, 0) is 84.0 Å². The standard InChI is InChI=1S/C30H35NO6S/c1-21-14-27(36-12-5-13-38(3,34)35)15-22(2)29(21)24-7-4-6-23(16-24)18-37-26-10-8-25(9-11-26)30(17-28(32)33)19-31-20-30/h4,6-11,14-16,31H,5,12-13,17-20H2,1-3H3,(H,32,33). The normalized spacial score (nSPS) is 14.5. The molecule has 3 aromatic carbocycles. The Bertz CT molecular complexity index is 1370. The summed E-state index contributed by atoms with van der Waals surface area (Å²) < 4.78 is 34.5. The molecule has 1 saturated heterocycles. The van der Waals surface area contributed by atoms with Gasteiger partial charge in [0.05, 0.1) is 18.8 Å². The molecule has 0 spiro atoms. The van der Waals surface area contributed by atoms with Gasteiger partial charge in [0.1, 0.15) is 27.9 Å². The molecule has 1 heterocycles. The molecular weight excluding hydrogens is 502 g/mol. The van der Waals surface area contributed by atoms with E-state index in [-0.39, 0.29) is 17.6 Å². The van der Waals surface area contributed by atoms with Crippen LogP contribution in [0.1, 0.15) is 35.1 Å². The number of rotatable bonds is 12. The van der Waals surface area contributed by atoms with Gasteiger partial charge in [-0.15, -0.1) is 0 Å². The summed E-state index contributed by atoms with van der Waals surface area (Å²) in [6.45, 7) is 6.20. The molecule has 0 aromatic heterocycles. The lowest BCUT2D eigenvalue weighted by Crippen LogP contribution is -2.57. The second-order valence-electron chi connectivity index (χ2n) is 10.2. The van der Waals surface area contributed by atoms with Crippen LogP contribution in [0.2, 0.25) is 0 Å². The number of carboxylic acid groups (broad SMARTS) is 1. The third kappa shape index (κ3) is 6.94. The van der Waals surface area contributed by atoms with Gasteiger partial charge in [-0.1, -0.05) is 30.3 Å². The molecule has 0 bridgehead atoms. The Morgan fingerprint density at radius 3 is 2.24 bits per heavy atom. The van der Waals surface area contributed by atoms with Gasteiger partial charge in [0, 0.05) is 24.8 Å². The number of hydrogen-bond donors (Lipinski definition) is 2. The Balaban J connectivity index is 1.40. The van der Waals surface area contributed by atoms with Crippen LogP contribution in [-0.4, -0.2) is 51.2 Å². The second-order valence-corrected chi connectivity index (χ2v) is 12.5. The highest BCUT2D eigenvalue weighted by atomic mass is 32.2. The molecule has 3 aromatic rings. The average molecular weight is 538 g/mol. The molecule has 0 amide bonds. The Morgan fingerprint density at radius 1 is 0.974 bits per heavy atom. The molecular formula is C30H35NO6S. The molecule has 1 aliphatic heterocycles. The van der Waals surface area contributed by atoms with Gasteiger partial charge in [-0.2, -0.15) is 0 Å². The van der Waals surface area contributed by atoms with Gasteiger partial charge in [-0.3, -0.25) is 4.79 Å². The van der Waals surface area contributed by atoms with E-state index in [1.807, 2.05) is 62.4 Å². The average Bonchev–Trinajstić information content (AvgIpc) is 2.82. The van der Waals surface area contributed by atoms with Crippen molar-refractivity contribution in [2.24, 2.45) is 0 Å². The zero-order valence-corrected chi connectivity index (χ0v) is 22.9. The third-order valence-corrected chi connectivity index (χ3v) is 7.97.